The van der Waals surface area contributed by atoms with Crippen LogP contribution in [0.1, 0.15) is 25.3 Å². The molecule has 12 heteroatoms. The number of hydrogen-bond donors (Lipinski definition) is 5. The lowest BCUT2D eigenvalue weighted by atomic mass is 9.71. The number of aliphatic carboxylic acids is 1. The van der Waals surface area contributed by atoms with E-state index in [1.54, 1.807) is 16.8 Å². The van der Waals surface area contributed by atoms with Gasteiger partial charge in [-0.3, -0.25) is 4.68 Å². The number of nitrogens with zero attached hydrogens (tertiary/aromatic N) is 3. The van der Waals surface area contributed by atoms with Gasteiger partial charge in [0.2, 0.25) is 0 Å². The summed E-state index contributed by atoms with van der Waals surface area (Å²) in [5, 5.41) is 56.5. The lowest BCUT2D eigenvalue weighted by Gasteiger charge is -2.44. The van der Waals surface area contributed by atoms with Crippen LogP contribution in [-0.2, 0) is 27.2 Å². The molecule has 1 aromatic heterocycles. The predicted octanol–water partition coefficient (Wildman–Crippen LogP) is 0.230. The highest BCUT2D eigenvalue weighted by molar-refractivity contribution is 6.30. The van der Waals surface area contributed by atoms with E-state index in [4.69, 9.17) is 21.1 Å². The van der Waals surface area contributed by atoms with Gasteiger partial charge in [-0.1, -0.05) is 30.7 Å². The van der Waals surface area contributed by atoms with E-state index >= 15 is 0 Å². The van der Waals surface area contributed by atoms with Crippen LogP contribution in [0.15, 0.2) is 36.9 Å². The van der Waals surface area contributed by atoms with Crippen LogP contribution >= 0.6 is 11.6 Å². The predicted molar refractivity (Wildman–Crippen MR) is 121 cm³/mol. The minimum absolute atomic E-state index is 0.105. The molecule has 8 atom stereocenters. The van der Waals surface area contributed by atoms with Crippen LogP contribution in [0.3, 0.4) is 0 Å². The maximum atomic E-state index is 12.1. The molecular weight excluding hydrogens is 482 g/mol. The number of ether oxygens (including phenoxy) is 2. The van der Waals surface area contributed by atoms with Crippen molar-refractivity contribution >= 4 is 17.6 Å². The molecular formula is C23H30ClN3O8. The van der Waals surface area contributed by atoms with Crippen LogP contribution < -0.4 is 0 Å². The standard InChI is InChI=1S/C23H30ClN3O8/c1-22(10-34-21-18(30)16(28)17(29)19(35-21)20(31)32)7-6-14(8-13-2-4-15(24)5-3-13)23(22,33)9-27-12-25-11-26-27/h2-5,11-12,14,16-19,21,28-30,33H,6-10H2,1H3,(H,31,32)/t14-,16-,17-,18+,19-,21-,22+,23+/m0/s1. The summed E-state index contributed by atoms with van der Waals surface area (Å²) < 4.78 is 12.6. The van der Waals surface area contributed by atoms with Gasteiger partial charge >= 0.3 is 5.97 Å². The molecule has 0 radical (unpaired) electrons. The molecule has 0 spiro atoms. The van der Waals surface area contributed by atoms with Crippen molar-refractivity contribution in [3.8, 4) is 0 Å². The van der Waals surface area contributed by atoms with Crippen molar-refractivity contribution in [2.24, 2.45) is 11.3 Å². The molecule has 1 saturated carbocycles. The fraction of sp³-hybridized carbons (Fsp3) is 0.609. The lowest BCUT2D eigenvalue weighted by Crippen LogP contribution is -2.61. The maximum absolute atomic E-state index is 12.1. The van der Waals surface area contributed by atoms with Gasteiger partial charge in [0.1, 0.15) is 31.0 Å². The number of hydrogen-bond acceptors (Lipinski definition) is 9. The number of carbonyl (C=O) groups is 1. The quantitative estimate of drug-likeness (QED) is 0.331. The number of aliphatic hydroxyl groups excluding tert-OH is 3. The molecule has 0 amide bonds. The van der Waals surface area contributed by atoms with Crippen LogP contribution in [0.5, 0.6) is 0 Å². The summed E-state index contributed by atoms with van der Waals surface area (Å²) in [7, 11) is 0. The Morgan fingerprint density at radius 3 is 2.57 bits per heavy atom. The van der Waals surface area contributed by atoms with Crippen LogP contribution in [0.2, 0.25) is 5.02 Å². The molecule has 1 aromatic carbocycles. The largest absolute Gasteiger partial charge is 0.479 e. The summed E-state index contributed by atoms with van der Waals surface area (Å²) >= 11 is 6.01. The molecule has 4 rings (SSSR count). The van der Waals surface area contributed by atoms with Crippen LogP contribution in [0.4, 0.5) is 0 Å². The van der Waals surface area contributed by atoms with E-state index in [0.29, 0.717) is 24.3 Å². The summed E-state index contributed by atoms with van der Waals surface area (Å²) in [6.45, 7) is 1.88. The molecule has 1 aliphatic heterocycles. The number of aliphatic hydroxyl groups is 4. The van der Waals surface area contributed by atoms with Gasteiger partial charge in [0.05, 0.1) is 18.8 Å². The SMILES string of the molecule is C[C@]1(CO[C@H]2O[C@H](C(=O)O)[C@@H](O)[C@H](O)[C@H]2O)CC[C@@H](Cc2ccc(Cl)cc2)[C@]1(O)Cn1cncn1. The van der Waals surface area contributed by atoms with Crippen LogP contribution in [0, 0.1) is 11.3 Å². The Morgan fingerprint density at radius 2 is 1.94 bits per heavy atom. The number of carboxylic acid groups (broad SMARTS) is 1. The second kappa shape index (κ2) is 10.1. The van der Waals surface area contributed by atoms with E-state index in [9.17, 15) is 30.3 Å². The number of benzene rings is 1. The topological polar surface area (TPSA) is 167 Å². The van der Waals surface area contributed by atoms with Gasteiger partial charge in [0.15, 0.2) is 12.4 Å². The lowest BCUT2D eigenvalue weighted by molar-refractivity contribution is -0.303. The number of aromatic nitrogens is 3. The Morgan fingerprint density at radius 1 is 1.23 bits per heavy atom. The fourth-order valence-corrected chi connectivity index (χ4v) is 5.28. The van der Waals surface area contributed by atoms with Crippen LogP contribution in [-0.4, -0.2) is 89.2 Å². The first-order valence-electron chi connectivity index (χ1n) is 11.4. The fourth-order valence-electron chi connectivity index (χ4n) is 5.15. The van der Waals surface area contributed by atoms with Crippen molar-refractivity contribution in [3.05, 3.63) is 47.5 Å². The van der Waals surface area contributed by atoms with Crippen molar-refractivity contribution in [1.29, 1.82) is 0 Å². The van der Waals surface area contributed by atoms with Crippen molar-refractivity contribution in [3.63, 3.8) is 0 Å². The van der Waals surface area contributed by atoms with E-state index in [0.717, 1.165) is 5.56 Å². The van der Waals surface area contributed by atoms with Crippen molar-refractivity contribution in [1.82, 2.24) is 14.8 Å². The Kier molecular flexibility index (Phi) is 7.49. The van der Waals surface area contributed by atoms with E-state index in [-0.39, 0.29) is 19.1 Å². The van der Waals surface area contributed by atoms with E-state index in [2.05, 4.69) is 10.1 Å². The normalized spacial score (nSPS) is 37.4. The average molecular weight is 512 g/mol. The van der Waals surface area contributed by atoms with E-state index < -0.39 is 47.7 Å². The molecule has 1 aliphatic carbocycles. The Balaban J connectivity index is 1.55. The second-order valence-corrected chi connectivity index (χ2v) is 10.1. The zero-order chi connectivity index (χ0) is 25.4. The molecule has 2 fully saturated rings. The summed E-state index contributed by atoms with van der Waals surface area (Å²) in [6.07, 6.45) is -3.81. The molecule has 2 aliphatic rings. The number of rotatable bonds is 8. The minimum Gasteiger partial charge on any atom is -0.479 e. The monoisotopic (exact) mass is 511 g/mol. The number of halogens is 1. The van der Waals surface area contributed by atoms with E-state index in [1.807, 2.05) is 19.1 Å². The smallest absolute Gasteiger partial charge is 0.335 e. The molecule has 2 heterocycles. The van der Waals surface area contributed by atoms with Crippen molar-refractivity contribution in [2.75, 3.05) is 6.61 Å². The van der Waals surface area contributed by atoms with E-state index in [1.165, 1.54) is 12.7 Å². The third kappa shape index (κ3) is 5.08. The Labute approximate surface area is 206 Å². The van der Waals surface area contributed by atoms with Crippen molar-refractivity contribution in [2.45, 2.75) is 69.0 Å². The third-order valence-corrected chi connectivity index (χ3v) is 7.66. The molecule has 2 aromatic rings. The second-order valence-electron chi connectivity index (χ2n) is 9.69. The van der Waals surface area contributed by atoms with Gasteiger partial charge < -0.3 is 35.0 Å². The Bertz CT molecular complexity index is 1010. The zero-order valence-corrected chi connectivity index (χ0v) is 19.9. The highest BCUT2D eigenvalue weighted by atomic mass is 35.5. The zero-order valence-electron chi connectivity index (χ0n) is 19.1. The summed E-state index contributed by atoms with van der Waals surface area (Å²) in [5.74, 6) is -1.67. The molecule has 192 valence electrons. The first-order valence-corrected chi connectivity index (χ1v) is 11.8. The van der Waals surface area contributed by atoms with Gasteiger partial charge in [0, 0.05) is 10.4 Å². The van der Waals surface area contributed by atoms with Gasteiger partial charge in [-0.15, -0.1) is 0 Å². The van der Waals surface area contributed by atoms with Gasteiger partial charge in [-0.2, -0.15) is 5.10 Å². The molecule has 11 nitrogen and oxygen atoms in total. The highest BCUT2D eigenvalue weighted by Gasteiger charge is 2.58. The molecule has 1 saturated heterocycles. The first kappa shape index (κ1) is 26.0. The summed E-state index contributed by atoms with van der Waals surface area (Å²) in [5.41, 5.74) is -1.16. The molecule has 35 heavy (non-hydrogen) atoms. The summed E-state index contributed by atoms with van der Waals surface area (Å²) in [6, 6.07) is 7.42. The summed E-state index contributed by atoms with van der Waals surface area (Å²) in [4.78, 5) is 15.4. The maximum Gasteiger partial charge on any atom is 0.335 e. The third-order valence-electron chi connectivity index (χ3n) is 7.41. The first-order chi connectivity index (χ1) is 16.5. The number of carboxylic acids is 1. The van der Waals surface area contributed by atoms with Gasteiger partial charge in [0.25, 0.3) is 0 Å². The van der Waals surface area contributed by atoms with Crippen LogP contribution in [0.25, 0.3) is 0 Å². The Hall–Kier alpha value is -2.12. The molecule has 5 N–H and O–H groups in total. The van der Waals surface area contributed by atoms with Gasteiger partial charge in [-0.25, -0.2) is 9.78 Å². The minimum atomic E-state index is -1.81. The highest BCUT2D eigenvalue weighted by Crippen LogP contribution is 2.52. The molecule has 0 bridgehead atoms. The molecule has 0 unspecified atom stereocenters. The van der Waals surface area contributed by atoms with Gasteiger partial charge in [-0.05, 0) is 42.9 Å². The average Bonchev–Trinajstić information content (AvgIpc) is 3.41. The van der Waals surface area contributed by atoms with Crippen molar-refractivity contribution < 1.29 is 39.8 Å².